The Morgan fingerprint density at radius 3 is 2.11 bits per heavy atom. The summed E-state index contributed by atoms with van der Waals surface area (Å²) in [6.45, 7) is 3.62. The number of nitrogens with zero attached hydrogens (tertiary/aromatic N) is 2. The van der Waals surface area contributed by atoms with Crippen molar-refractivity contribution >= 4 is 29.0 Å². The Kier molecular flexibility index (Phi) is 6.73. The number of carbonyl (C=O) groups is 3. The van der Waals surface area contributed by atoms with Crippen LogP contribution in [0, 0.1) is 23.0 Å². The number of rotatable bonds is 7. The Hall–Kier alpha value is -4.33. The molecule has 0 spiro atoms. The zero-order valence-corrected chi connectivity index (χ0v) is 19.3. The minimum Gasteiger partial charge on any atom is -0.454 e. The summed E-state index contributed by atoms with van der Waals surface area (Å²) in [7, 11) is 0. The van der Waals surface area contributed by atoms with E-state index in [9.17, 15) is 24.5 Å². The van der Waals surface area contributed by atoms with Gasteiger partial charge in [0.1, 0.15) is 0 Å². The second kappa shape index (κ2) is 9.89. The van der Waals surface area contributed by atoms with Crippen molar-refractivity contribution < 1.29 is 24.0 Å². The molecule has 8 nitrogen and oxygen atoms in total. The van der Waals surface area contributed by atoms with E-state index < -0.39 is 22.9 Å². The van der Waals surface area contributed by atoms with Gasteiger partial charge in [-0.2, -0.15) is 0 Å². The SMILES string of the molecule is Cc1ccc(C(=O)[C@@H](C)OC(=O)[C@@H]2CC(=O)N(c3ccc(-c4ccc([N+](=O)[O-])cc4)cc3)C2)cc1. The van der Waals surface area contributed by atoms with Gasteiger partial charge in [-0.15, -0.1) is 0 Å². The van der Waals surface area contributed by atoms with Crippen molar-refractivity contribution in [2.24, 2.45) is 5.92 Å². The van der Waals surface area contributed by atoms with Gasteiger partial charge in [-0.3, -0.25) is 24.5 Å². The molecule has 0 bridgehead atoms. The van der Waals surface area contributed by atoms with E-state index in [1.54, 1.807) is 36.4 Å². The van der Waals surface area contributed by atoms with Crippen molar-refractivity contribution in [2.75, 3.05) is 11.4 Å². The zero-order valence-electron chi connectivity index (χ0n) is 19.3. The lowest BCUT2D eigenvalue weighted by Gasteiger charge is -2.18. The highest BCUT2D eigenvalue weighted by atomic mass is 16.6. The number of hydrogen-bond donors (Lipinski definition) is 0. The number of nitro benzene ring substituents is 1. The van der Waals surface area contributed by atoms with Crippen LogP contribution in [0.1, 0.15) is 29.3 Å². The number of amides is 1. The lowest BCUT2D eigenvalue weighted by molar-refractivity contribution is -0.384. The number of ether oxygens (including phenoxy) is 1. The van der Waals surface area contributed by atoms with Gasteiger partial charge in [0.25, 0.3) is 5.69 Å². The molecule has 4 rings (SSSR count). The van der Waals surface area contributed by atoms with Crippen molar-refractivity contribution in [3.8, 4) is 11.1 Å². The molecule has 3 aromatic carbocycles. The van der Waals surface area contributed by atoms with Gasteiger partial charge in [-0.1, -0.05) is 42.0 Å². The van der Waals surface area contributed by atoms with E-state index in [1.807, 2.05) is 31.2 Å². The molecule has 0 aromatic heterocycles. The second-order valence-electron chi connectivity index (χ2n) is 8.57. The minimum atomic E-state index is -0.949. The number of benzene rings is 3. The number of non-ortho nitro benzene ring substituents is 1. The van der Waals surface area contributed by atoms with Crippen LogP contribution in [0.2, 0.25) is 0 Å². The monoisotopic (exact) mass is 472 g/mol. The molecule has 1 aliphatic heterocycles. The van der Waals surface area contributed by atoms with Crippen LogP contribution in [-0.4, -0.2) is 35.2 Å². The molecule has 0 N–H and O–H groups in total. The Morgan fingerprint density at radius 1 is 0.971 bits per heavy atom. The summed E-state index contributed by atoms with van der Waals surface area (Å²) in [6, 6.07) is 20.4. The van der Waals surface area contributed by atoms with Gasteiger partial charge in [0.05, 0.1) is 10.8 Å². The number of aryl methyl sites for hydroxylation is 1. The van der Waals surface area contributed by atoms with Gasteiger partial charge in [0, 0.05) is 36.3 Å². The molecule has 0 radical (unpaired) electrons. The molecule has 1 fully saturated rings. The Labute approximate surface area is 202 Å². The lowest BCUT2D eigenvalue weighted by atomic mass is 10.0. The van der Waals surface area contributed by atoms with E-state index in [4.69, 9.17) is 4.74 Å². The average molecular weight is 472 g/mol. The maximum atomic E-state index is 12.7. The first-order valence-electron chi connectivity index (χ1n) is 11.2. The van der Waals surface area contributed by atoms with Crippen molar-refractivity contribution in [3.05, 3.63) is 94.0 Å². The van der Waals surface area contributed by atoms with Crippen molar-refractivity contribution in [1.29, 1.82) is 0 Å². The summed E-state index contributed by atoms with van der Waals surface area (Å²) in [4.78, 5) is 49.8. The maximum absolute atomic E-state index is 12.7. The fraction of sp³-hybridized carbons (Fsp3) is 0.222. The molecule has 178 valence electrons. The lowest BCUT2D eigenvalue weighted by Crippen LogP contribution is -2.30. The highest BCUT2D eigenvalue weighted by Gasteiger charge is 2.37. The van der Waals surface area contributed by atoms with Gasteiger partial charge in [0.2, 0.25) is 11.7 Å². The second-order valence-corrected chi connectivity index (χ2v) is 8.57. The fourth-order valence-electron chi connectivity index (χ4n) is 4.00. The number of hydrogen-bond acceptors (Lipinski definition) is 6. The largest absolute Gasteiger partial charge is 0.454 e. The number of anilines is 1. The van der Waals surface area contributed by atoms with E-state index in [1.165, 1.54) is 24.0 Å². The van der Waals surface area contributed by atoms with Crippen molar-refractivity contribution in [1.82, 2.24) is 0 Å². The molecule has 1 heterocycles. The topological polar surface area (TPSA) is 107 Å². The molecule has 3 aromatic rings. The van der Waals surface area contributed by atoms with Crippen LogP contribution in [0.25, 0.3) is 11.1 Å². The predicted molar refractivity (Wildman–Crippen MR) is 130 cm³/mol. The van der Waals surface area contributed by atoms with E-state index in [2.05, 4.69) is 0 Å². The zero-order chi connectivity index (χ0) is 25.1. The summed E-state index contributed by atoms with van der Waals surface area (Å²) in [5.41, 5.74) is 3.79. The van der Waals surface area contributed by atoms with Gasteiger partial charge in [-0.05, 0) is 49.2 Å². The van der Waals surface area contributed by atoms with Gasteiger partial charge in [0.15, 0.2) is 6.10 Å². The van der Waals surface area contributed by atoms with Crippen LogP contribution >= 0.6 is 0 Å². The fourth-order valence-corrected chi connectivity index (χ4v) is 4.00. The molecule has 1 amide bonds. The summed E-state index contributed by atoms with van der Waals surface area (Å²) in [5.74, 6) is -1.73. The first-order chi connectivity index (χ1) is 16.7. The number of nitro groups is 1. The maximum Gasteiger partial charge on any atom is 0.312 e. The molecule has 35 heavy (non-hydrogen) atoms. The van der Waals surface area contributed by atoms with Crippen LogP contribution in [0.5, 0.6) is 0 Å². The number of Topliss-reactive ketones (excluding diaryl/α,β-unsaturated/α-hetero) is 1. The van der Waals surface area contributed by atoms with Gasteiger partial charge < -0.3 is 9.64 Å². The third-order valence-electron chi connectivity index (χ3n) is 6.05. The van der Waals surface area contributed by atoms with Crippen LogP contribution in [0.15, 0.2) is 72.8 Å². The summed E-state index contributed by atoms with van der Waals surface area (Å²) < 4.78 is 5.40. The molecular formula is C27H24N2O6. The number of esters is 1. The molecule has 0 aliphatic carbocycles. The van der Waals surface area contributed by atoms with Crippen LogP contribution in [-0.2, 0) is 14.3 Å². The quantitative estimate of drug-likeness (QED) is 0.213. The molecule has 0 saturated carbocycles. The summed E-state index contributed by atoms with van der Waals surface area (Å²) >= 11 is 0. The third-order valence-corrected chi connectivity index (χ3v) is 6.05. The van der Waals surface area contributed by atoms with Crippen LogP contribution in [0.3, 0.4) is 0 Å². The van der Waals surface area contributed by atoms with Gasteiger partial charge in [-0.25, -0.2) is 0 Å². The van der Waals surface area contributed by atoms with Crippen LogP contribution in [0.4, 0.5) is 11.4 Å². The average Bonchev–Trinajstić information content (AvgIpc) is 3.26. The van der Waals surface area contributed by atoms with E-state index >= 15 is 0 Å². The smallest absolute Gasteiger partial charge is 0.312 e. The molecule has 0 unspecified atom stereocenters. The molecule has 8 heteroatoms. The Morgan fingerprint density at radius 2 is 1.54 bits per heavy atom. The molecule has 1 aliphatic rings. The van der Waals surface area contributed by atoms with E-state index in [0.29, 0.717) is 11.3 Å². The van der Waals surface area contributed by atoms with Crippen LogP contribution < -0.4 is 4.90 Å². The highest BCUT2D eigenvalue weighted by Crippen LogP contribution is 2.29. The van der Waals surface area contributed by atoms with Crippen molar-refractivity contribution in [2.45, 2.75) is 26.4 Å². The summed E-state index contributed by atoms with van der Waals surface area (Å²) in [5, 5.41) is 10.8. The third kappa shape index (κ3) is 5.27. The summed E-state index contributed by atoms with van der Waals surface area (Å²) in [6.07, 6.45) is -0.940. The molecule has 2 atom stereocenters. The predicted octanol–water partition coefficient (Wildman–Crippen LogP) is 4.74. The molecule has 1 saturated heterocycles. The van der Waals surface area contributed by atoms with Gasteiger partial charge >= 0.3 is 5.97 Å². The normalized spacial score (nSPS) is 16.1. The van der Waals surface area contributed by atoms with Crippen molar-refractivity contribution in [3.63, 3.8) is 0 Å². The Balaban J connectivity index is 1.39. The first kappa shape index (κ1) is 23.8. The Bertz CT molecular complexity index is 1270. The molecular weight excluding hydrogens is 448 g/mol. The minimum absolute atomic E-state index is 0.00831. The number of carbonyl (C=O) groups excluding carboxylic acids is 3. The standard InChI is InChI=1S/C27H24N2O6/c1-17-3-5-21(6-4-17)26(31)18(2)35-27(32)22-15-25(30)28(16-22)23-11-7-19(8-12-23)20-9-13-24(14-10-20)29(33)34/h3-14,18,22H,15-16H2,1-2H3/t18-,22-/m1/s1. The van der Waals surface area contributed by atoms with E-state index in [-0.39, 0.29) is 30.3 Å². The number of ketones is 1. The van der Waals surface area contributed by atoms with E-state index in [0.717, 1.165) is 16.7 Å². The first-order valence-corrected chi connectivity index (χ1v) is 11.2. The highest BCUT2D eigenvalue weighted by molar-refractivity contribution is 6.02.